The Morgan fingerprint density at radius 3 is 2.40 bits per heavy atom. The Hall–Kier alpha value is -0.570. The molecule has 0 spiro atoms. The van der Waals surface area contributed by atoms with Crippen LogP contribution in [0.4, 0.5) is 0 Å². The number of rotatable bonds is 7. The van der Waals surface area contributed by atoms with Gasteiger partial charge in [-0.25, -0.2) is 0 Å². The molecule has 2 bridgehead atoms. The highest BCUT2D eigenvalue weighted by Crippen LogP contribution is 2.33. The molecule has 0 aromatic rings. The molecular formula is C17H32N2O. The third kappa shape index (κ3) is 4.21. The number of unbranched alkanes of at least 4 members (excludes halogenated alkanes) is 2. The van der Waals surface area contributed by atoms with E-state index in [0.29, 0.717) is 30.0 Å². The van der Waals surface area contributed by atoms with Crippen LogP contribution in [0.5, 0.6) is 0 Å². The first-order valence-electron chi connectivity index (χ1n) is 8.65. The van der Waals surface area contributed by atoms with Gasteiger partial charge in [0.25, 0.3) is 0 Å². The number of hydrogen-bond donors (Lipinski definition) is 1. The molecule has 0 aromatic carbocycles. The number of carbonyl (C=O) groups excluding carboxylic acids is 1. The summed E-state index contributed by atoms with van der Waals surface area (Å²) in [5, 5.41) is 3.66. The zero-order chi connectivity index (χ0) is 14.5. The lowest BCUT2D eigenvalue weighted by molar-refractivity contribution is -0.134. The normalized spacial score (nSPS) is 28.9. The van der Waals surface area contributed by atoms with Crippen molar-refractivity contribution < 1.29 is 4.79 Å². The van der Waals surface area contributed by atoms with Crippen molar-refractivity contribution in [3.05, 3.63) is 0 Å². The maximum atomic E-state index is 12.6. The first kappa shape index (κ1) is 15.8. The van der Waals surface area contributed by atoms with Crippen molar-refractivity contribution in [3.63, 3.8) is 0 Å². The lowest BCUT2D eigenvalue weighted by atomic mass is 9.89. The van der Waals surface area contributed by atoms with Gasteiger partial charge >= 0.3 is 0 Å². The van der Waals surface area contributed by atoms with Crippen LogP contribution in [0.3, 0.4) is 0 Å². The Morgan fingerprint density at radius 2 is 1.85 bits per heavy atom. The standard InChI is InChI=1S/C17H32N2O/c1-4-5-6-9-19(13(2)3)17(20)12-14-10-15-7-8-16(11-14)18-15/h13-16,18H,4-12H2,1-3H3. The molecule has 2 saturated heterocycles. The van der Waals surface area contributed by atoms with Gasteiger partial charge in [-0.05, 0) is 51.9 Å². The van der Waals surface area contributed by atoms with Crippen LogP contribution in [0.15, 0.2) is 0 Å². The lowest BCUT2D eigenvalue weighted by Gasteiger charge is -2.32. The van der Waals surface area contributed by atoms with Crippen molar-refractivity contribution in [1.29, 1.82) is 0 Å². The van der Waals surface area contributed by atoms with Crippen molar-refractivity contribution in [1.82, 2.24) is 10.2 Å². The molecule has 3 nitrogen and oxygen atoms in total. The molecule has 2 aliphatic heterocycles. The summed E-state index contributed by atoms with van der Waals surface area (Å²) in [6.07, 6.45) is 9.44. The minimum atomic E-state index is 0.345. The minimum Gasteiger partial charge on any atom is -0.340 e. The largest absolute Gasteiger partial charge is 0.340 e. The van der Waals surface area contributed by atoms with Crippen LogP contribution in [0.1, 0.15) is 72.1 Å². The molecule has 2 aliphatic rings. The summed E-state index contributed by atoms with van der Waals surface area (Å²) in [6, 6.07) is 1.73. The minimum absolute atomic E-state index is 0.345. The molecule has 20 heavy (non-hydrogen) atoms. The SMILES string of the molecule is CCCCCN(C(=O)CC1CC2CCC(C1)N2)C(C)C. The van der Waals surface area contributed by atoms with Gasteiger partial charge in [0, 0.05) is 31.1 Å². The zero-order valence-corrected chi connectivity index (χ0v) is 13.5. The molecule has 2 rings (SSSR count). The van der Waals surface area contributed by atoms with E-state index in [0.717, 1.165) is 19.4 Å². The van der Waals surface area contributed by atoms with Gasteiger partial charge in [-0.1, -0.05) is 19.8 Å². The van der Waals surface area contributed by atoms with Crippen molar-refractivity contribution >= 4 is 5.91 Å². The fraction of sp³-hybridized carbons (Fsp3) is 0.941. The third-order valence-corrected chi connectivity index (χ3v) is 4.98. The summed E-state index contributed by atoms with van der Waals surface area (Å²) in [4.78, 5) is 14.7. The molecule has 0 aliphatic carbocycles. The molecule has 0 aromatic heterocycles. The monoisotopic (exact) mass is 280 g/mol. The quantitative estimate of drug-likeness (QED) is 0.725. The van der Waals surface area contributed by atoms with Crippen LogP contribution in [-0.2, 0) is 4.79 Å². The van der Waals surface area contributed by atoms with E-state index in [4.69, 9.17) is 0 Å². The van der Waals surface area contributed by atoms with Gasteiger partial charge in [0.2, 0.25) is 5.91 Å². The van der Waals surface area contributed by atoms with Crippen molar-refractivity contribution in [3.8, 4) is 0 Å². The second-order valence-electron chi connectivity index (χ2n) is 7.07. The van der Waals surface area contributed by atoms with Crippen LogP contribution in [0.25, 0.3) is 0 Å². The fourth-order valence-corrected chi connectivity index (χ4v) is 3.91. The second kappa shape index (κ2) is 7.44. The molecule has 0 radical (unpaired) electrons. The van der Waals surface area contributed by atoms with Gasteiger partial charge in [0.1, 0.15) is 0 Å². The molecule has 2 heterocycles. The van der Waals surface area contributed by atoms with E-state index in [9.17, 15) is 4.79 Å². The van der Waals surface area contributed by atoms with Gasteiger partial charge < -0.3 is 10.2 Å². The van der Waals surface area contributed by atoms with Gasteiger partial charge in [-0.2, -0.15) is 0 Å². The number of fused-ring (bicyclic) bond motifs is 2. The molecule has 2 fully saturated rings. The zero-order valence-electron chi connectivity index (χ0n) is 13.5. The number of amides is 1. The van der Waals surface area contributed by atoms with E-state index in [2.05, 4.69) is 31.0 Å². The van der Waals surface area contributed by atoms with E-state index in [-0.39, 0.29) is 0 Å². The van der Waals surface area contributed by atoms with Crippen LogP contribution >= 0.6 is 0 Å². The highest BCUT2D eigenvalue weighted by molar-refractivity contribution is 5.76. The number of nitrogens with one attached hydrogen (secondary N) is 1. The van der Waals surface area contributed by atoms with Gasteiger partial charge in [-0.15, -0.1) is 0 Å². The van der Waals surface area contributed by atoms with Crippen molar-refractivity contribution in [2.75, 3.05) is 6.54 Å². The molecule has 3 heteroatoms. The maximum absolute atomic E-state index is 12.6. The fourth-order valence-electron chi connectivity index (χ4n) is 3.91. The van der Waals surface area contributed by atoms with E-state index >= 15 is 0 Å². The van der Waals surface area contributed by atoms with E-state index < -0.39 is 0 Å². The average molecular weight is 280 g/mol. The predicted molar refractivity (Wildman–Crippen MR) is 83.7 cm³/mol. The molecule has 116 valence electrons. The van der Waals surface area contributed by atoms with Crippen molar-refractivity contribution in [2.45, 2.75) is 90.3 Å². The van der Waals surface area contributed by atoms with E-state index in [1.807, 2.05) is 0 Å². The van der Waals surface area contributed by atoms with Gasteiger partial charge in [0.05, 0.1) is 0 Å². The van der Waals surface area contributed by atoms with Crippen LogP contribution in [0.2, 0.25) is 0 Å². The Balaban J connectivity index is 1.81. The Labute approximate surface area is 124 Å². The molecule has 0 saturated carbocycles. The van der Waals surface area contributed by atoms with E-state index in [1.54, 1.807) is 0 Å². The molecule has 2 atom stereocenters. The Kier molecular flexibility index (Phi) is 5.88. The molecule has 1 amide bonds. The molecular weight excluding hydrogens is 248 g/mol. The summed E-state index contributed by atoms with van der Waals surface area (Å²) in [5.74, 6) is 1.01. The predicted octanol–water partition coefficient (Wildman–Crippen LogP) is 3.33. The summed E-state index contributed by atoms with van der Waals surface area (Å²) >= 11 is 0. The number of hydrogen-bond acceptors (Lipinski definition) is 2. The van der Waals surface area contributed by atoms with Crippen LogP contribution in [-0.4, -0.2) is 35.5 Å². The highest BCUT2D eigenvalue weighted by Gasteiger charge is 2.34. The summed E-state index contributed by atoms with van der Waals surface area (Å²) in [6.45, 7) is 7.46. The number of nitrogens with zero attached hydrogens (tertiary/aromatic N) is 1. The lowest BCUT2D eigenvalue weighted by Crippen LogP contribution is -2.42. The second-order valence-corrected chi connectivity index (χ2v) is 7.07. The Bertz CT molecular complexity index is 304. The summed E-state index contributed by atoms with van der Waals surface area (Å²) in [5.41, 5.74) is 0. The first-order chi connectivity index (χ1) is 9.60. The summed E-state index contributed by atoms with van der Waals surface area (Å²) in [7, 11) is 0. The first-order valence-corrected chi connectivity index (χ1v) is 8.65. The van der Waals surface area contributed by atoms with Crippen LogP contribution < -0.4 is 5.32 Å². The van der Waals surface area contributed by atoms with Gasteiger partial charge in [-0.3, -0.25) is 4.79 Å². The topological polar surface area (TPSA) is 32.3 Å². The van der Waals surface area contributed by atoms with Gasteiger partial charge in [0.15, 0.2) is 0 Å². The smallest absolute Gasteiger partial charge is 0.223 e. The maximum Gasteiger partial charge on any atom is 0.223 e. The summed E-state index contributed by atoms with van der Waals surface area (Å²) < 4.78 is 0. The number of piperidine rings is 1. The highest BCUT2D eigenvalue weighted by atomic mass is 16.2. The van der Waals surface area contributed by atoms with Crippen LogP contribution in [0, 0.1) is 5.92 Å². The Morgan fingerprint density at radius 1 is 1.20 bits per heavy atom. The van der Waals surface area contributed by atoms with E-state index in [1.165, 1.54) is 38.5 Å². The average Bonchev–Trinajstić information content (AvgIpc) is 2.73. The molecule has 2 unspecified atom stereocenters. The molecule has 1 N–H and O–H groups in total. The van der Waals surface area contributed by atoms with Crippen molar-refractivity contribution in [2.24, 2.45) is 5.92 Å². The number of carbonyl (C=O) groups is 1. The third-order valence-electron chi connectivity index (χ3n) is 4.98.